The lowest BCUT2D eigenvalue weighted by Gasteiger charge is -2.20. The summed E-state index contributed by atoms with van der Waals surface area (Å²) in [4.78, 5) is 48.5. The van der Waals surface area contributed by atoms with Crippen LogP contribution in [0.2, 0.25) is 0 Å². The first kappa shape index (κ1) is 25.4. The Balaban J connectivity index is 1.83. The Bertz CT molecular complexity index is 1540. The van der Waals surface area contributed by atoms with Gasteiger partial charge in [-0.1, -0.05) is 18.2 Å². The Labute approximate surface area is 210 Å². The normalized spacial score (nSPS) is 11.9. The van der Waals surface area contributed by atoms with Crippen LogP contribution in [0.5, 0.6) is 5.75 Å². The van der Waals surface area contributed by atoms with Gasteiger partial charge in [0, 0.05) is 28.1 Å². The number of nitrogens with two attached hydrogens (primary N) is 1. The molecule has 0 saturated heterocycles. The third kappa shape index (κ3) is 5.29. The Morgan fingerprint density at radius 3 is 2.46 bits per heavy atom. The van der Waals surface area contributed by atoms with E-state index in [1.807, 2.05) is 0 Å². The maximum Gasteiger partial charge on any atom is 0.336 e. The summed E-state index contributed by atoms with van der Waals surface area (Å²) >= 11 is 0. The Morgan fingerprint density at radius 1 is 1.00 bits per heavy atom. The van der Waals surface area contributed by atoms with Crippen molar-refractivity contribution in [2.75, 3.05) is 6.54 Å². The average Bonchev–Trinajstić information content (AvgIpc) is 2.86. The first-order valence-corrected chi connectivity index (χ1v) is 11.5. The molecule has 2 aromatic carbocycles. The molecule has 2 aliphatic rings. The number of aromatic carboxylic acids is 1. The highest BCUT2D eigenvalue weighted by molar-refractivity contribution is 6.09. The molecule has 10 heteroatoms. The summed E-state index contributed by atoms with van der Waals surface area (Å²) in [6.45, 7) is 0.375. The van der Waals surface area contributed by atoms with Gasteiger partial charge in [0.2, 0.25) is 0 Å². The van der Waals surface area contributed by atoms with E-state index in [0.717, 1.165) is 6.07 Å². The van der Waals surface area contributed by atoms with Crippen LogP contribution in [0.1, 0.15) is 40.0 Å². The lowest BCUT2D eigenvalue weighted by Crippen LogP contribution is -2.47. The maximum absolute atomic E-state index is 12.8. The summed E-state index contributed by atoms with van der Waals surface area (Å²) < 4.78 is 5.76. The highest BCUT2D eigenvalue weighted by Crippen LogP contribution is 2.41. The number of carboxylic acids is 2. The van der Waals surface area contributed by atoms with Crippen molar-refractivity contribution in [1.29, 1.82) is 0 Å². The Morgan fingerprint density at radius 2 is 1.76 bits per heavy atom. The molecule has 4 rings (SSSR count). The third-order valence-electron chi connectivity index (χ3n) is 5.98. The molecule has 0 fully saturated rings. The number of hydrogen-bond acceptors (Lipinski definition) is 8. The predicted molar refractivity (Wildman–Crippen MR) is 130 cm³/mol. The van der Waals surface area contributed by atoms with Gasteiger partial charge in [-0.15, -0.1) is 5.75 Å². The van der Waals surface area contributed by atoms with Crippen molar-refractivity contribution in [3.8, 4) is 28.2 Å². The molecule has 37 heavy (non-hydrogen) atoms. The van der Waals surface area contributed by atoms with Crippen LogP contribution in [0.25, 0.3) is 33.4 Å². The molecule has 4 N–H and O–H groups in total. The molecule has 0 bridgehead atoms. The minimum Gasteiger partial charge on any atom is -0.872 e. The Kier molecular flexibility index (Phi) is 7.21. The second-order valence-electron chi connectivity index (χ2n) is 8.49. The molecule has 1 amide bonds. The van der Waals surface area contributed by atoms with Crippen molar-refractivity contribution >= 4 is 28.8 Å². The van der Waals surface area contributed by atoms with Crippen LogP contribution < -0.4 is 26.7 Å². The predicted octanol–water partition coefficient (Wildman–Crippen LogP) is 1.31. The molecule has 190 valence electrons. The summed E-state index contributed by atoms with van der Waals surface area (Å²) in [7, 11) is 0. The molecule has 1 aliphatic carbocycles. The number of carbonyl (C=O) groups excluding carboxylic acids is 2. The quantitative estimate of drug-likeness (QED) is 0.224. The smallest absolute Gasteiger partial charge is 0.336 e. The van der Waals surface area contributed by atoms with Crippen LogP contribution in [0.15, 0.2) is 63.8 Å². The molecular weight excluding hydrogens is 480 g/mol. The molecule has 0 spiro atoms. The van der Waals surface area contributed by atoms with E-state index in [1.165, 1.54) is 48.5 Å². The second-order valence-corrected chi connectivity index (χ2v) is 8.49. The van der Waals surface area contributed by atoms with Gasteiger partial charge in [0.05, 0.1) is 17.6 Å². The first-order valence-electron chi connectivity index (χ1n) is 11.5. The van der Waals surface area contributed by atoms with E-state index in [1.54, 1.807) is 0 Å². The van der Waals surface area contributed by atoms with Gasteiger partial charge >= 0.3 is 5.97 Å². The number of benzene rings is 3. The van der Waals surface area contributed by atoms with E-state index in [2.05, 4.69) is 5.32 Å². The van der Waals surface area contributed by atoms with Crippen LogP contribution in [0.4, 0.5) is 0 Å². The summed E-state index contributed by atoms with van der Waals surface area (Å²) in [5, 5.41) is 36.2. The van der Waals surface area contributed by atoms with Gasteiger partial charge in [0.1, 0.15) is 11.3 Å². The van der Waals surface area contributed by atoms with Crippen molar-refractivity contribution in [2.24, 2.45) is 5.73 Å². The second kappa shape index (κ2) is 10.5. The van der Waals surface area contributed by atoms with E-state index >= 15 is 0 Å². The number of carboxylic acid groups (broad SMARTS) is 2. The fraction of sp³-hybridized carbons (Fsp3) is 0.185. The van der Waals surface area contributed by atoms with Gasteiger partial charge in [-0.05, 0) is 61.7 Å². The summed E-state index contributed by atoms with van der Waals surface area (Å²) in [6, 6.07) is 10.8. The molecule has 1 heterocycles. The number of carbonyl (C=O) groups is 3. The zero-order valence-electron chi connectivity index (χ0n) is 19.5. The third-order valence-corrected chi connectivity index (χ3v) is 5.98. The van der Waals surface area contributed by atoms with Gasteiger partial charge in [-0.2, -0.15) is 0 Å². The lowest BCUT2D eigenvalue weighted by atomic mass is 9.89. The fourth-order valence-corrected chi connectivity index (χ4v) is 4.20. The number of nitrogens with one attached hydrogen (secondary N) is 1. The minimum atomic E-state index is -1.46. The van der Waals surface area contributed by atoms with Crippen molar-refractivity contribution in [1.82, 2.24) is 5.32 Å². The van der Waals surface area contributed by atoms with Crippen LogP contribution in [0, 0.1) is 0 Å². The lowest BCUT2D eigenvalue weighted by molar-refractivity contribution is -0.308. The van der Waals surface area contributed by atoms with Gasteiger partial charge in [0.15, 0.2) is 5.43 Å². The molecule has 0 saturated carbocycles. The maximum atomic E-state index is 12.8. The molecular formula is C27H22N2O8-2. The van der Waals surface area contributed by atoms with Gasteiger partial charge in [-0.25, -0.2) is 4.79 Å². The van der Waals surface area contributed by atoms with Crippen LogP contribution in [-0.4, -0.2) is 35.5 Å². The number of fused-ring (bicyclic) bond motifs is 2. The number of amides is 1. The first-order chi connectivity index (χ1) is 17.7. The van der Waals surface area contributed by atoms with Gasteiger partial charge in [-0.3, -0.25) is 9.59 Å². The zero-order valence-corrected chi connectivity index (χ0v) is 19.5. The van der Waals surface area contributed by atoms with Crippen LogP contribution in [0.3, 0.4) is 0 Å². The number of hydrogen-bond donors (Lipinski definition) is 3. The van der Waals surface area contributed by atoms with Crippen molar-refractivity contribution in [3.05, 3.63) is 75.9 Å². The van der Waals surface area contributed by atoms with Crippen molar-refractivity contribution in [3.63, 3.8) is 0 Å². The van der Waals surface area contributed by atoms with Crippen LogP contribution in [-0.2, 0) is 4.79 Å². The van der Waals surface area contributed by atoms with E-state index in [0.29, 0.717) is 35.9 Å². The van der Waals surface area contributed by atoms with Gasteiger partial charge < -0.3 is 35.6 Å². The van der Waals surface area contributed by atoms with Gasteiger partial charge in [0.25, 0.3) is 5.91 Å². The fourth-order valence-electron chi connectivity index (χ4n) is 4.20. The SMILES string of the molecule is NCCCCC(NC(=O)c1ccc(-c2c3ccc(=O)cc-3oc3cc([O-])ccc23)c(C(=O)O)c1)C(=O)[O-]. The molecule has 10 nitrogen and oxygen atoms in total. The molecule has 0 aromatic heterocycles. The van der Waals surface area contributed by atoms with Crippen molar-refractivity contribution in [2.45, 2.75) is 25.3 Å². The summed E-state index contributed by atoms with van der Waals surface area (Å²) in [5.41, 5.74) is 5.99. The van der Waals surface area contributed by atoms with Crippen molar-refractivity contribution < 1.29 is 34.1 Å². The largest absolute Gasteiger partial charge is 0.872 e. The molecule has 1 unspecified atom stereocenters. The topological polar surface area (TPSA) is 186 Å². The molecule has 1 aliphatic heterocycles. The molecule has 0 radical (unpaired) electrons. The number of aliphatic carboxylic acids is 1. The number of unbranched alkanes of at least 4 members (excludes halogenated alkanes) is 1. The Hall–Kier alpha value is -4.70. The minimum absolute atomic E-state index is 0.0656. The highest BCUT2D eigenvalue weighted by Gasteiger charge is 2.23. The van der Waals surface area contributed by atoms with E-state index < -0.39 is 23.9 Å². The summed E-state index contributed by atoms with van der Waals surface area (Å²) in [5.74, 6) is -3.75. The number of rotatable bonds is 9. The highest BCUT2D eigenvalue weighted by atomic mass is 16.4. The zero-order chi connectivity index (χ0) is 26.7. The summed E-state index contributed by atoms with van der Waals surface area (Å²) in [6.07, 6.45) is 1.15. The van der Waals surface area contributed by atoms with Crippen LogP contribution >= 0.6 is 0 Å². The average molecular weight is 502 g/mol. The van der Waals surface area contributed by atoms with E-state index in [9.17, 15) is 34.5 Å². The van der Waals surface area contributed by atoms with E-state index in [-0.39, 0.29) is 45.6 Å². The molecule has 1 atom stereocenters. The monoisotopic (exact) mass is 502 g/mol. The molecule has 2 aromatic rings. The van der Waals surface area contributed by atoms with E-state index in [4.69, 9.17) is 10.2 Å². The standard InChI is InChI=1S/C27H24N2O8/c28-10-2-1-3-21(27(35)36)29-25(32)14-4-7-17(20(11-14)26(33)34)24-18-8-5-15(30)12-22(18)37-23-13-16(31)6-9-19(23)24/h4-9,11-13,21,30H,1-3,10,28H2,(H,29,32)(H,33,34)(H,35,36)/p-2.